The number of likely N-dealkylation sites (N-methyl/N-ethyl adjacent to an activating group) is 1. The second-order valence-corrected chi connectivity index (χ2v) is 3.94. The number of nitrogens with one attached hydrogen (secondary N) is 2. The van der Waals surface area contributed by atoms with Crippen LogP contribution in [0.5, 0.6) is 0 Å². The molecule has 7 heteroatoms. The molecule has 19 heavy (non-hydrogen) atoms. The van der Waals surface area contributed by atoms with Gasteiger partial charge in [-0.25, -0.2) is 4.68 Å². The van der Waals surface area contributed by atoms with E-state index in [1.807, 2.05) is 7.05 Å². The Morgan fingerprint density at radius 3 is 2.84 bits per heavy atom. The maximum absolute atomic E-state index is 11.8. The van der Waals surface area contributed by atoms with E-state index in [1.54, 1.807) is 13.3 Å². The molecule has 0 bridgehead atoms. The molecule has 0 amide bonds. The van der Waals surface area contributed by atoms with Crippen molar-refractivity contribution in [3.8, 4) is 0 Å². The van der Waals surface area contributed by atoms with Crippen molar-refractivity contribution in [3.05, 3.63) is 22.6 Å². The van der Waals surface area contributed by atoms with Crippen LogP contribution >= 0.6 is 0 Å². The highest BCUT2D eigenvalue weighted by atomic mass is 16.5. The van der Waals surface area contributed by atoms with Crippen LogP contribution in [0.3, 0.4) is 0 Å². The monoisotopic (exact) mass is 270 g/mol. The van der Waals surface area contributed by atoms with Gasteiger partial charge in [-0.3, -0.25) is 4.79 Å². The summed E-state index contributed by atoms with van der Waals surface area (Å²) in [5, 5.41) is 10.2. The van der Waals surface area contributed by atoms with Gasteiger partial charge in [-0.2, -0.15) is 5.10 Å². The first-order valence-corrected chi connectivity index (χ1v) is 6.30. The molecule has 0 saturated heterocycles. The predicted molar refractivity (Wildman–Crippen MR) is 73.6 cm³/mol. The molecule has 0 fully saturated rings. The lowest BCUT2D eigenvalue weighted by atomic mass is 10.4. The molecule has 2 N–H and O–H groups in total. The van der Waals surface area contributed by atoms with Gasteiger partial charge in [0.15, 0.2) is 0 Å². The first kappa shape index (κ1) is 15.6. The summed E-state index contributed by atoms with van der Waals surface area (Å²) in [6.07, 6.45) is 1.65. The SMILES string of the molecule is CNCCNc1cnn(CCOCCOC)c(=O)c1. The summed E-state index contributed by atoms with van der Waals surface area (Å²) in [5.74, 6) is 0. The van der Waals surface area contributed by atoms with Crippen LogP contribution < -0.4 is 16.2 Å². The third-order valence-corrected chi connectivity index (χ3v) is 2.45. The predicted octanol–water partition coefficient (Wildman–Crippen LogP) is -0.462. The smallest absolute Gasteiger partial charge is 0.268 e. The van der Waals surface area contributed by atoms with Crippen molar-refractivity contribution in [3.63, 3.8) is 0 Å². The Morgan fingerprint density at radius 1 is 1.32 bits per heavy atom. The summed E-state index contributed by atoms with van der Waals surface area (Å²) in [7, 11) is 3.50. The van der Waals surface area contributed by atoms with Gasteiger partial charge < -0.3 is 20.1 Å². The lowest BCUT2D eigenvalue weighted by Crippen LogP contribution is -2.26. The van der Waals surface area contributed by atoms with Crippen LogP contribution in [0.4, 0.5) is 5.69 Å². The molecule has 0 aliphatic carbocycles. The van der Waals surface area contributed by atoms with Gasteiger partial charge >= 0.3 is 0 Å². The largest absolute Gasteiger partial charge is 0.382 e. The Hall–Kier alpha value is -1.44. The normalized spacial score (nSPS) is 10.6. The molecule has 1 heterocycles. The first-order chi connectivity index (χ1) is 9.27. The fraction of sp³-hybridized carbons (Fsp3) is 0.667. The van der Waals surface area contributed by atoms with Crippen molar-refractivity contribution < 1.29 is 9.47 Å². The average Bonchev–Trinajstić information content (AvgIpc) is 2.41. The second-order valence-electron chi connectivity index (χ2n) is 3.94. The number of hydrogen-bond donors (Lipinski definition) is 2. The van der Waals surface area contributed by atoms with E-state index in [1.165, 1.54) is 10.7 Å². The van der Waals surface area contributed by atoms with Crippen LogP contribution in [0.2, 0.25) is 0 Å². The van der Waals surface area contributed by atoms with E-state index in [-0.39, 0.29) is 5.56 Å². The highest BCUT2D eigenvalue weighted by molar-refractivity contribution is 5.38. The molecule has 0 aliphatic heterocycles. The maximum Gasteiger partial charge on any atom is 0.268 e. The summed E-state index contributed by atoms with van der Waals surface area (Å²) in [6.45, 7) is 3.55. The molecule has 0 unspecified atom stereocenters. The molecule has 0 radical (unpaired) electrons. The minimum atomic E-state index is -0.134. The number of ether oxygens (including phenoxy) is 2. The number of rotatable bonds is 10. The van der Waals surface area contributed by atoms with Gasteiger partial charge in [-0.1, -0.05) is 0 Å². The lowest BCUT2D eigenvalue weighted by molar-refractivity contribution is 0.0649. The third-order valence-electron chi connectivity index (χ3n) is 2.45. The van der Waals surface area contributed by atoms with Crippen LogP contribution in [0.25, 0.3) is 0 Å². The van der Waals surface area contributed by atoms with Gasteiger partial charge in [0, 0.05) is 26.3 Å². The number of methoxy groups -OCH3 is 1. The quantitative estimate of drug-likeness (QED) is 0.560. The van der Waals surface area contributed by atoms with Gasteiger partial charge in [0.25, 0.3) is 5.56 Å². The molecule has 108 valence electrons. The molecule has 0 spiro atoms. The number of aromatic nitrogens is 2. The summed E-state index contributed by atoms with van der Waals surface area (Å²) >= 11 is 0. The maximum atomic E-state index is 11.8. The van der Waals surface area contributed by atoms with Crippen molar-refractivity contribution >= 4 is 5.69 Å². The Balaban J connectivity index is 2.37. The Bertz CT molecular complexity index is 408. The van der Waals surface area contributed by atoms with E-state index in [0.717, 1.165) is 18.8 Å². The molecular formula is C12H22N4O3. The van der Waals surface area contributed by atoms with Crippen LogP contribution in [0.1, 0.15) is 0 Å². The minimum absolute atomic E-state index is 0.134. The first-order valence-electron chi connectivity index (χ1n) is 6.30. The summed E-state index contributed by atoms with van der Waals surface area (Å²) < 4.78 is 11.5. The van der Waals surface area contributed by atoms with Gasteiger partial charge in [0.2, 0.25) is 0 Å². The molecule has 1 rings (SSSR count). The number of nitrogens with zero attached hydrogens (tertiary/aromatic N) is 2. The number of hydrogen-bond acceptors (Lipinski definition) is 6. The van der Waals surface area contributed by atoms with E-state index >= 15 is 0 Å². The average molecular weight is 270 g/mol. The van der Waals surface area contributed by atoms with Crippen molar-refractivity contribution in [2.24, 2.45) is 0 Å². The molecular weight excluding hydrogens is 248 g/mol. The summed E-state index contributed by atoms with van der Waals surface area (Å²) in [6, 6.07) is 1.54. The fourth-order valence-electron chi connectivity index (χ4n) is 1.43. The van der Waals surface area contributed by atoms with E-state index in [2.05, 4.69) is 15.7 Å². The van der Waals surface area contributed by atoms with Crippen molar-refractivity contribution in [2.45, 2.75) is 6.54 Å². The van der Waals surface area contributed by atoms with Gasteiger partial charge in [-0.15, -0.1) is 0 Å². The zero-order valence-corrected chi connectivity index (χ0v) is 11.5. The topological polar surface area (TPSA) is 77.4 Å². The van der Waals surface area contributed by atoms with Crippen LogP contribution in [0.15, 0.2) is 17.1 Å². The zero-order valence-electron chi connectivity index (χ0n) is 11.5. The summed E-state index contributed by atoms with van der Waals surface area (Å²) in [4.78, 5) is 11.8. The molecule has 1 aromatic heterocycles. The van der Waals surface area contributed by atoms with Crippen LogP contribution in [-0.2, 0) is 16.0 Å². The van der Waals surface area contributed by atoms with Crippen LogP contribution in [0, 0.1) is 0 Å². The van der Waals surface area contributed by atoms with Gasteiger partial charge in [0.05, 0.1) is 38.2 Å². The Kier molecular flexibility index (Phi) is 7.80. The van der Waals surface area contributed by atoms with E-state index in [0.29, 0.717) is 26.4 Å². The lowest BCUT2D eigenvalue weighted by Gasteiger charge is -2.08. The van der Waals surface area contributed by atoms with Gasteiger partial charge in [-0.05, 0) is 7.05 Å². The highest BCUT2D eigenvalue weighted by Gasteiger charge is 2.00. The van der Waals surface area contributed by atoms with Crippen molar-refractivity contribution in [1.82, 2.24) is 15.1 Å². The van der Waals surface area contributed by atoms with E-state index in [4.69, 9.17) is 9.47 Å². The Labute approximate surface area is 112 Å². The molecule has 7 nitrogen and oxygen atoms in total. The molecule has 0 aliphatic rings. The van der Waals surface area contributed by atoms with Crippen molar-refractivity contribution in [2.75, 3.05) is 52.4 Å². The van der Waals surface area contributed by atoms with E-state index in [9.17, 15) is 4.79 Å². The second kappa shape index (κ2) is 9.48. The van der Waals surface area contributed by atoms with Gasteiger partial charge in [0.1, 0.15) is 0 Å². The third kappa shape index (κ3) is 6.32. The standard InChI is InChI=1S/C12H22N4O3/c1-13-3-4-14-11-9-12(17)16(15-10-11)5-6-19-8-7-18-2/h9-10,13-14H,3-8H2,1-2H3. The molecule has 0 atom stereocenters. The minimum Gasteiger partial charge on any atom is -0.382 e. The molecule has 0 saturated carbocycles. The molecule has 0 aromatic carbocycles. The Morgan fingerprint density at radius 2 is 2.16 bits per heavy atom. The van der Waals surface area contributed by atoms with Crippen molar-refractivity contribution in [1.29, 1.82) is 0 Å². The van der Waals surface area contributed by atoms with Crippen LogP contribution in [-0.4, -0.2) is 56.8 Å². The highest BCUT2D eigenvalue weighted by Crippen LogP contribution is 1.98. The van der Waals surface area contributed by atoms with E-state index < -0.39 is 0 Å². The zero-order chi connectivity index (χ0) is 13.9. The number of anilines is 1. The summed E-state index contributed by atoms with van der Waals surface area (Å²) in [5.41, 5.74) is 0.599. The molecule has 1 aromatic rings. The fourth-order valence-corrected chi connectivity index (χ4v) is 1.43.